The Bertz CT molecular complexity index is 353. The van der Waals surface area contributed by atoms with Crippen molar-refractivity contribution in [1.29, 1.82) is 0 Å². The Hall–Kier alpha value is -0.0800. The maximum Gasteiger partial charge on any atom is 0.193 e. The molecule has 5 nitrogen and oxygen atoms in total. The zero-order valence-electron chi connectivity index (χ0n) is 15.3. The van der Waals surface area contributed by atoms with Gasteiger partial charge in [-0.25, -0.2) is 0 Å². The highest BCUT2D eigenvalue weighted by Gasteiger charge is 2.22. The molecule has 2 aliphatic rings. The lowest BCUT2D eigenvalue weighted by Gasteiger charge is -2.35. The first-order valence-corrected chi connectivity index (χ1v) is 8.83. The molecule has 2 fully saturated rings. The second kappa shape index (κ2) is 10.7. The number of aliphatic imine (C=N–C) groups is 1. The van der Waals surface area contributed by atoms with Crippen molar-refractivity contribution < 1.29 is 4.74 Å². The monoisotopic (exact) mass is 438 g/mol. The van der Waals surface area contributed by atoms with Crippen LogP contribution in [0.5, 0.6) is 0 Å². The van der Waals surface area contributed by atoms with Gasteiger partial charge in [-0.05, 0) is 45.2 Å². The number of piperidine rings is 1. The van der Waals surface area contributed by atoms with Gasteiger partial charge in [0.15, 0.2) is 5.96 Å². The largest absolute Gasteiger partial charge is 0.381 e. The van der Waals surface area contributed by atoms with Gasteiger partial charge in [-0.2, -0.15) is 0 Å². The third-order valence-corrected chi connectivity index (χ3v) is 5.13. The molecule has 2 heterocycles. The lowest BCUT2D eigenvalue weighted by Crippen LogP contribution is -2.49. The van der Waals surface area contributed by atoms with Crippen molar-refractivity contribution >= 4 is 29.9 Å². The molecule has 0 bridgehead atoms. The smallest absolute Gasteiger partial charge is 0.193 e. The number of hydrogen-bond acceptors (Lipinski definition) is 3. The van der Waals surface area contributed by atoms with Crippen LogP contribution in [0.1, 0.15) is 33.1 Å². The molecule has 0 aromatic heterocycles. The molecule has 2 unspecified atom stereocenters. The van der Waals surface area contributed by atoms with Gasteiger partial charge in [-0.15, -0.1) is 24.0 Å². The summed E-state index contributed by atoms with van der Waals surface area (Å²) in [5, 5.41) is 3.54. The molecule has 0 aliphatic carbocycles. The minimum atomic E-state index is 0. The van der Waals surface area contributed by atoms with E-state index in [0.717, 1.165) is 38.2 Å². The SMILES string of the molecule is CN=C(NCC(C)N1CCC(C)CC1)N(C)CC1CCOC1.I. The van der Waals surface area contributed by atoms with Gasteiger partial charge < -0.3 is 15.0 Å². The zero-order valence-corrected chi connectivity index (χ0v) is 17.6. The Morgan fingerprint density at radius 3 is 2.61 bits per heavy atom. The topological polar surface area (TPSA) is 40.1 Å². The number of likely N-dealkylation sites (tertiary alicyclic amines) is 1. The van der Waals surface area contributed by atoms with Crippen LogP contribution in [-0.4, -0.2) is 75.3 Å². The van der Waals surface area contributed by atoms with Crippen molar-refractivity contribution in [3.05, 3.63) is 0 Å². The number of hydrogen-bond donors (Lipinski definition) is 1. The van der Waals surface area contributed by atoms with Gasteiger partial charge in [0.1, 0.15) is 0 Å². The molecule has 0 radical (unpaired) electrons. The van der Waals surface area contributed by atoms with E-state index < -0.39 is 0 Å². The maximum absolute atomic E-state index is 5.46. The van der Waals surface area contributed by atoms with E-state index in [4.69, 9.17) is 4.74 Å². The first-order valence-electron chi connectivity index (χ1n) is 8.83. The van der Waals surface area contributed by atoms with Gasteiger partial charge in [0.05, 0.1) is 6.61 Å². The van der Waals surface area contributed by atoms with Crippen LogP contribution in [0.2, 0.25) is 0 Å². The Morgan fingerprint density at radius 1 is 1.35 bits per heavy atom. The second-order valence-electron chi connectivity index (χ2n) is 7.11. The van der Waals surface area contributed by atoms with Crippen molar-refractivity contribution in [2.45, 2.75) is 39.2 Å². The van der Waals surface area contributed by atoms with Gasteiger partial charge in [-0.3, -0.25) is 9.89 Å². The predicted molar refractivity (Wildman–Crippen MR) is 108 cm³/mol. The van der Waals surface area contributed by atoms with E-state index in [1.54, 1.807) is 0 Å². The number of halogens is 1. The minimum absolute atomic E-state index is 0. The van der Waals surface area contributed by atoms with E-state index in [1.807, 2.05) is 7.05 Å². The van der Waals surface area contributed by atoms with Crippen LogP contribution < -0.4 is 5.32 Å². The molecule has 136 valence electrons. The number of rotatable bonds is 5. The molecule has 2 aliphatic heterocycles. The average molecular weight is 438 g/mol. The Labute approximate surface area is 159 Å². The number of guanidine groups is 1. The molecule has 2 rings (SSSR count). The molecule has 0 aromatic carbocycles. The summed E-state index contributed by atoms with van der Waals surface area (Å²) in [6.45, 7) is 10.9. The van der Waals surface area contributed by atoms with Crippen molar-refractivity contribution in [2.75, 3.05) is 53.5 Å². The quantitative estimate of drug-likeness (QED) is 0.406. The summed E-state index contributed by atoms with van der Waals surface area (Å²) in [5.41, 5.74) is 0. The summed E-state index contributed by atoms with van der Waals surface area (Å²) in [5.74, 6) is 2.54. The molecule has 0 saturated carbocycles. The van der Waals surface area contributed by atoms with Gasteiger partial charge in [0.2, 0.25) is 0 Å². The number of ether oxygens (including phenoxy) is 1. The lowest BCUT2D eigenvalue weighted by atomic mass is 9.98. The van der Waals surface area contributed by atoms with E-state index in [1.165, 1.54) is 32.4 Å². The molecule has 23 heavy (non-hydrogen) atoms. The fourth-order valence-corrected chi connectivity index (χ4v) is 3.42. The van der Waals surface area contributed by atoms with Crippen LogP contribution in [0.4, 0.5) is 0 Å². The summed E-state index contributed by atoms with van der Waals surface area (Å²) < 4.78 is 5.46. The van der Waals surface area contributed by atoms with Gasteiger partial charge in [0, 0.05) is 45.8 Å². The van der Waals surface area contributed by atoms with Crippen LogP contribution in [0.15, 0.2) is 4.99 Å². The molecule has 0 aromatic rings. The van der Waals surface area contributed by atoms with Crippen LogP contribution in [0, 0.1) is 11.8 Å². The van der Waals surface area contributed by atoms with E-state index in [2.05, 4.69) is 41.0 Å². The fourth-order valence-electron chi connectivity index (χ4n) is 3.42. The maximum atomic E-state index is 5.46. The standard InChI is InChI=1S/C17H34N4O.HI/c1-14-5-8-21(9-6-14)15(2)11-19-17(18-3)20(4)12-16-7-10-22-13-16;/h14-16H,5-13H2,1-4H3,(H,18,19);1H. The van der Waals surface area contributed by atoms with E-state index in [0.29, 0.717) is 12.0 Å². The third-order valence-electron chi connectivity index (χ3n) is 5.13. The molecule has 0 spiro atoms. The summed E-state index contributed by atoms with van der Waals surface area (Å²) in [4.78, 5) is 9.27. The Morgan fingerprint density at radius 2 is 2.04 bits per heavy atom. The molecule has 2 atom stereocenters. The molecular weight excluding hydrogens is 403 g/mol. The molecule has 0 amide bonds. The summed E-state index contributed by atoms with van der Waals surface area (Å²) in [7, 11) is 4.00. The number of nitrogens with zero attached hydrogens (tertiary/aromatic N) is 3. The van der Waals surface area contributed by atoms with Crippen LogP contribution in [0.3, 0.4) is 0 Å². The molecule has 6 heteroatoms. The Balaban J connectivity index is 0.00000264. The van der Waals surface area contributed by atoms with Gasteiger partial charge >= 0.3 is 0 Å². The van der Waals surface area contributed by atoms with E-state index in [9.17, 15) is 0 Å². The normalized spacial score (nSPS) is 25.0. The lowest BCUT2D eigenvalue weighted by molar-refractivity contribution is 0.147. The average Bonchev–Trinajstić information content (AvgIpc) is 3.01. The summed E-state index contributed by atoms with van der Waals surface area (Å²) in [6.07, 6.45) is 3.84. The zero-order chi connectivity index (χ0) is 15.9. The van der Waals surface area contributed by atoms with Crippen LogP contribution in [0.25, 0.3) is 0 Å². The minimum Gasteiger partial charge on any atom is -0.381 e. The third kappa shape index (κ3) is 6.74. The highest BCUT2D eigenvalue weighted by Crippen LogP contribution is 2.17. The highest BCUT2D eigenvalue weighted by atomic mass is 127. The highest BCUT2D eigenvalue weighted by molar-refractivity contribution is 14.0. The van der Waals surface area contributed by atoms with Crippen molar-refractivity contribution in [3.63, 3.8) is 0 Å². The van der Waals surface area contributed by atoms with Crippen LogP contribution >= 0.6 is 24.0 Å². The summed E-state index contributed by atoms with van der Waals surface area (Å²) >= 11 is 0. The molecular formula is C17H35IN4O. The van der Waals surface area contributed by atoms with E-state index >= 15 is 0 Å². The second-order valence-corrected chi connectivity index (χ2v) is 7.11. The van der Waals surface area contributed by atoms with Crippen molar-refractivity contribution in [3.8, 4) is 0 Å². The van der Waals surface area contributed by atoms with Gasteiger partial charge in [-0.1, -0.05) is 6.92 Å². The first kappa shape index (κ1) is 21.0. The van der Waals surface area contributed by atoms with Crippen molar-refractivity contribution in [2.24, 2.45) is 16.8 Å². The van der Waals surface area contributed by atoms with Crippen LogP contribution in [-0.2, 0) is 4.74 Å². The number of nitrogens with one attached hydrogen (secondary N) is 1. The first-order chi connectivity index (χ1) is 10.6. The molecule has 1 N–H and O–H groups in total. The van der Waals surface area contributed by atoms with E-state index in [-0.39, 0.29) is 24.0 Å². The van der Waals surface area contributed by atoms with Gasteiger partial charge in [0.25, 0.3) is 0 Å². The molecule has 2 saturated heterocycles. The fraction of sp³-hybridized carbons (Fsp3) is 0.941. The predicted octanol–water partition coefficient (Wildman–Crippen LogP) is 2.27. The Kier molecular flexibility index (Phi) is 9.77. The van der Waals surface area contributed by atoms with Crippen molar-refractivity contribution in [1.82, 2.24) is 15.1 Å². The summed E-state index contributed by atoms with van der Waals surface area (Å²) in [6, 6.07) is 0.562.